The van der Waals surface area contributed by atoms with Crippen LogP contribution in [0.4, 0.5) is 0 Å². The zero-order valence-electron chi connectivity index (χ0n) is 10.4. The molecule has 1 rings (SSSR count). The zero-order chi connectivity index (χ0) is 11.4. The van der Waals surface area contributed by atoms with Crippen molar-refractivity contribution in [2.45, 2.75) is 60.0 Å². The van der Waals surface area contributed by atoms with Gasteiger partial charge in [0.25, 0.3) is 0 Å². The highest BCUT2D eigenvalue weighted by molar-refractivity contribution is 4.91. The first kappa shape index (κ1) is 13.9. The van der Waals surface area contributed by atoms with Crippen LogP contribution in [0.1, 0.15) is 53.9 Å². The Labute approximate surface area is 88.9 Å². The number of hydrogen-bond donors (Lipinski definition) is 2. The molecule has 0 aliphatic heterocycles. The summed E-state index contributed by atoms with van der Waals surface area (Å²) in [6.07, 6.45) is 2.77. The maximum absolute atomic E-state index is 9.66. The summed E-state index contributed by atoms with van der Waals surface area (Å²) in [6.45, 7) is 11.3. The molecule has 1 aliphatic carbocycles. The monoisotopic (exact) mass is 201 g/mol. The van der Waals surface area contributed by atoms with Gasteiger partial charge in [0, 0.05) is 0 Å². The van der Waals surface area contributed by atoms with E-state index in [0.717, 1.165) is 19.3 Å². The lowest BCUT2D eigenvalue weighted by atomic mass is 9.63. The third-order valence-electron chi connectivity index (χ3n) is 2.91. The molecule has 3 N–H and O–H groups in total. The summed E-state index contributed by atoms with van der Waals surface area (Å²) in [5.74, 6) is 0. The Morgan fingerprint density at radius 3 is 2.07 bits per heavy atom. The topological polar surface area (TPSA) is 46.2 Å². The predicted molar refractivity (Wildman–Crippen MR) is 62.1 cm³/mol. The summed E-state index contributed by atoms with van der Waals surface area (Å²) < 4.78 is 0. The summed E-state index contributed by atoms with van der Waals surface area (Å²) in [5, 5.41) is 9.66. The van der Waals surface area contributed by atoms with Crippen LogP contribution in [0, 0.1) is 10.8 Å². The van der Waals surface area contributed by atoms with Crippen LogP contribution in [0.15, 0.2) is 0 Å². The molecule has 1 aliphatic rings. The van der Waals surface area contributed by atoms with Crippen molar-refractivity contribution in [3.05, 3.63) is 0 Å². The van der Waals surface area contributed by atoms with E-state index in [1.807, 2.05) is 13.8 Å². The molecule has 0 aromatic heterocycles. The lowest BCUT2D eigenvalue weighted by molar-refractivity contribution is -0.00501. The fraction of sp³-hybridized carbons (Fsp3) is 1.00. The van der Waals surface area contributed by atoms with Gasteiger partial charge in [-0.2, -0.15) is 0 Å². The van der Waals surface area contributed by atoms with Crippen LogP contribution in [0.25, 0.3) is 0 Å². The largest absolute Gasteiger partial charge is 0.393 e. The second-order valence-electron chi connectivity index (χ2n) is 5.42. The fourth-order valence-electron chi connectivity index (χ4n) is 2.73. The molecule has 0 radical (unpaired) electrons. The van der Waals surface area contributed by atoms with Crippen LogP contribution in [-0.2, 0) is 0 Å². The smallest absolute Gasteiger partial charge is 0.0551 e. The second kappa shape index (κ2) is 5.13. The molecular weight excluding hydrogens is 174 g/mol. The highest BCUT2D eigenvalue weighted by Crippen LogP contribution is 2.45. The minimum atomic E-state index is -0.151. The first-order valence-corrected chi connectivity index (χ1v) is 5.75. The van der Waals surface area contributed by atoms with Crippen molar-refractivity contribution in [3.63, 3.8) is 0 Å². The molecule has 1 fully saturated rings. The average Bonchev–Trinajstić information content (AvgIpc) is 2.04. The van der Waals surface area contributed by atoms with E-state index >= 15 is 0 Å². The normalized spacial score (nSPS) is 35.8. The fourth-order valence-corrected chi connectivity index (χ4v) is 2.73. The Morgan fingerprint density at radius 1 is 1.21 bits per heavy atom. The molecule has 0 aromatic carbocycles. The van der Waals surface area contributed by atoms with Crippen molar-refractivity contribution >= 4 is 0 Å². The molecule has 0 heterocycles. The summed E-state index contributed by atoms with van der Waals surface area (Å²) in [7, 11) is 0. The third-order valence-corrected chi connectivity index (χ3v) is 2.91. The van der Waals surface area contributed by atoms with Gasteiger partial charge in [-0.05, 0) is 36.6 Å². The Hall–Kier alpha value is -0.0800. The first-order valence-electron chi connectivity index (χ1n) is 5.75. The lowest BCUT2D eigenvalue weighted by Gasteiger charge is -2.44. The third kappa shape index (κ3) is 3.97. The van der Waals surface area contributed by atoms with Crippen LogP contribution in [0.5, 0.6) is 0 Å². The number of nitrogens with two attached hydrogens (primary N) is 1. The molecular formula is C12H27NO. The second-order valence-corrected chi connectivity index (χ2v) is 5.42. The Kier molecular flexibility index (Phi) is 5.10. The van der Waals surface area contributed by atoms with Crippen molar-refractivity contribution in [1.29, 1.82) is 0 Å². The van der Waals surface area contributed by atoms with Gasteiger partial charge in [-0.3, -0.25) is 0 Å². The highest BCUT2D eigenvalue weighted by Gasteiger charge is 2.39. The van der Waals surface area contributed by atoms with Crippen LogP contribution in [0.3, 0.4) is 0 Å². The molecule has 2 heteroatoms. The van der Waals surface area contributed by atoms with E-state index in [1.54, 1.807) is 0 Å². The van der Waals surface area contributed by atoms with Crippen molar-refractivity contribution in [3.8, 4) is 0 Å². The Bertz CT molecular complexity index is 168. The maximum atomic E-state index is 9.66. The van der Waals surface area contributed by atoms with Gasteiger partial charge in [0.05, 0.1) is 6.10 Å². The number of rotatable bonds is 1. The van der Waals surface area contributed by atoms with Crippen LogP contribution < -0.4 is 5.73 Å². The maximum Gasteiger partial charge on any atom is 0.0551 e. The van der Waals surface area contributed by atoms with Crippen molar-refractivity contribution in [1.82, 2.24) is 0 Å². The summed E-state index contributed by atoms with van der Waals surface area (Å²) in [6, 6.07) is 0. The van der Waals surface area contributed by atoms with Crippen molar-refractivity contribution < 1.29 is 5.11 Å². The minimum absolute atomic E-state index is 0.151. The van der Waals surface area contributed by atoms with E-state index in [0.29, 0.717) is 6.54 Å². The van der Waals surface area contributed by atoms with Gasteiger partial charge in [-0.25, -0.2) is 0 Å². The average molecular weight is 201 g/mol. The molecule has 0 spiro atoms. The van der Waals surface area contributed by atoms with Gasteiger partial charge in [0.2, 0.25) is 0 Å². The number of aliphatic hydroxyl groups is 1. The molecule has 0 unspecified atom stereocenters. The van der Waals surface area contributed by atoms with Gasteiger partial charge in [0.1, 0.15) is 0 Å². The molecule has 0 aromatic rings. The highest BCUT2D eigenvalue weighted by atomic mass is 16.3. The van der Waals surface area contributed by atoms with Gasteiger partial charge >= 0.3 is 0 Å². The van der Waals surface area contributed by atoms with E-state index in [2.05, 4.69) is 20.8 Å². The molecule has 1 saturated carbocycles. The number of hydrogen-bond acceptors (Lipinski definition) is 2. The summed E-state index contributed by atoms with van der Waals surface area (Å²) >= 11 is 0. The number of aliphatic hydroxyl groups excluding tert-OH is 1. The van der Waals surface area contributed by atoms with Crippen LogP contribution in [-0.4, -0.2) is 17.8 Å². The van der Waals surface area contributed by atoms with Crippen molar-refractivity contribution in [2.24, 2.45) is 16.6 Å². The van der Waals surface area contributed by atoms with Gasteiger partial charge < -0.3 is 10.8 Å². The quantitative estimate of drug-likeness (QED) is 0.685. The SMILES string of the molecule is CC.CC1(C)C[C@H](O)C[C@](C)(CN)C1. The standard InChI is InChI=1S/C10H21NO.C2H6/c1-9(2)4-8(12)5-10(3,6-9)7-11;1-2/h8,12H,4-7,11H2,1-3H3;1-2H3/t8-,10-;/m0./s1. The van der Waals surface area contributed by atoms with E-state index in [1.165, 1.54) is 0 Å². The molecule has 0 saturated heterocycles. The van der Waals surface area contributed by atoms with Gasteiger partial charge in [0.15, 0.2) is 0 Å². The molecule has 0 amide bonds. The van der Waals surface area contributed by atoms with Crippen LogP contribution in [0.2, 0.25) is 0 Å². The van der Waals surface area contributed by atoms with Gasteiger partial charge in [-0.1, -0.05) is 34.6 Å². The van der Waals surface area contributed by atoms with E-state index in [4.69, 9.17) is 5.73 Å². The summed E-state index contributed by atoms with van der Waals surface area (Å²) in [4.78, 5) is 0. The van der Waals surface area contributed by atoms with Gasteiger partial charge in [-0.15, -0.1) is 0 Å². The minimum Gasteiger partial charge on any atom is -0.393 e. The molecule has 0 bridgehead atoms. The van der Waals surface area contributed by atoms with Crippen LogP contribution >= 0.6 is 0 Å². The molecule has 2 nitrogen and oxygen atoms in total. The summed E-state index contributed by atoms with van der Waals surface area (Å²) in [5.41, 5.74) is 6.12. The Morgan fingerprint density at radius 2 is 1.71 bits per heavy atom. The first-order chi connectivity index (χ1) is 6.37. The zero-order valence-corrected chi connectivity index (χ0v) is 10.4. The lowest BCUT2D eigenvalue weighted by Crippen LogP contribution is -2.42. The Balaban J connectivity index is 0.000000791. The van der Waals surface area contributed by atoms with E-state index in [9.17, 15) is 5.11 Å². The van der Waals surface area contributed by atoms with E-state index in [-0.39, 0.29) is 16.9 Å². The predicted octanol–water partition coefficient (Wildman–Crippen LogP) is 2.55. The molecule has 2 atom stereocenters. The molecule has 86 valence electrons. The molecule has 14 heavy (non-hydrogen) atoms. The van der Waals surface area contributed by atoms with E-state index < -0.39 is 0 Å². The van der Waals surface area contributed by atoms with Crippen molar-refractivity contribution in [2.75, 3.05) is 6.54 Å².